The highest BCUT2D eigenvalue weighted by Crippen LogP contribution is 2.69. The van der Waals surface area contributed by atoms with E-state index in [1.54, 1.807) is 0 Å². The van der Waals surface area contributed by atoms with Gasteiger partial charge in [0.15, 0.2) is 0 Å². The molecule has 32 heavy (non-hydrogen) atoms. The normalized spacial score (nSPS) is 49.5. The zero-order chi connectivity index (χ0) is 21.7. The largest absolute Gasteiger partial charge is 0.475 e. The van der Waals surface area contributed by atoms with Gasteiger partial charge in [-0.25, -0.2) is 9.59 Å². The van der Waals surface area contributed by atoms with Crippen LogP contribution in [0.15, 0.2) is 12.5 Å². The van der Waals surface area contributed by atoms with E-state index >= 15 is 0 Å². The predicted octanol–water partition coefficient (Wildman–Crippen LogP) is 4.63. The van der Waals surface area contributed by atoms with Gasteiger partial charge in [-0.05, 0) is 113 Å². The first-order chi connectivity index (χ1) is 15.4. The first-order valence-electron chi connectivity index (χ1n) is 12.8. The molecule has 8 aliphatic carbocycles. The second-order valence-corrected chi connectivity index (χ2v) is 12.8. The van der Waals surface area contributed by atoms with E-state index in [1.807, 2.05) is 0 Å². The van der Waals surface area contributed by atoms with Crippen LogP contribution in [-0.4, -0.2) is 28.9 Å². The van der Waals surface area contributed by atoms with Crippen LogP contribution in [0.2, 0.25) is 0 Å². The van der Waals surface area contributed by atoms with Crippen LogP contribution in [0.4, 0.5) is 0 Å². The number of ether oxygens (including phenoxy) is 3. The Bertz CT molecular complexity index is 751. The van der Waals surface area contributed by atoms with Crippen LogP contribution in [0, 0.1) is 46.3 Å². The Morgan fingerprint density at radius 2 is 1.06 bits per heavy atom. The molecule has 0 aromatic heterocycles. The number of esters is 1. The number of rotatable bonds is 5. The van der Waals surface area contributed by atoms with Gasteiger partial charge in [0, 0.05) is 10.8 Å². The van der Waals surface area contributed by atoms with Crippen LogP contribution >= 0.6 is 0 Å². The summed E-state index contributed by atoms with van der Waals surface area (Å²) in [5.74, 6) is -0.250. The molecule has 0 saturated heterocycles. The van der Waals surface area contributed by atoms with Gasteiger partial charge < -0.3 is 19.3 Å². The number of hydrogen-bond acceptors (Lipinski definition) is 5. The molecule has 0 unspecified atom stereocenters. The van der Waals surface area contributed by atoms with E-state index < -0.39 is 17.7 Å². The number of carboxylic acids is 1. The minimum absolute atomic E-state index is 0.00179. The molecule has 1 aliphatic heterocycles. The molecule has 6 nitrogen and oxygen atoms in total. The van der Waals surface area contributed by atoms with Gasteiger partial charge in [-0.1, -0.05) is 0 Å². The van der Waals surface area contributed by atoms with Crippen molar-refractivity contribution in [1.29, 1.82) is 0 Å². The third-order valence-electron chi connectivity index (χ3n) is 10.6. The lowest BCUT2D eigenvalue weighted by Gasteiger charge is -2.66. The molecule has 8 bridgehead atoms. The van der Waals surface area contributed by atoms with Gasteiger partial charge in [0.2, 0.25) is 0 Å². The summed E-state index contributed by atoms with van der Waals surface area (Å²) in [5.41, 5.74) is 0.00358. The van der Waals surface area contributed by atoms with E-state index in [0.29, 0.717) is 0 Å². The van der Waals surface area contributed by atoms with Gasteiger partial charge in [0.1, 0.15) is 18.6 Å². The minimum Gasteiger partial charge on any atom is -0.475 e. The minimum atomic E-state index is -2.39. The predicted molar refractivity (Wildman–Crippen MR) is 113 cm³/mol. The molecule has 0 aromatic carbocycles. The zero-order valence-electron chi connectivity index (χ0n) is 18.7. The molecule has 0 radical (unpaired) electrons. The number of carbonyl (C=O) groups excluding carboxylic acids is 1. The van der Waals surface area contributed by atoms with Gasteiger partial charge in [-0.15, -0.1) is 0 Å². The van der Waals surface area contributed by atoms with Crippen LogP contribution in [-0.2, 0) is 23.8 Å². The maximum Gasteiger partial charge on any atom is 0.452 e. The highest BCUT2D eigenvalue weighted by atomic mass is 16.8. The van der Waals surface area contributed by atoms with Crippen molar-refractivity contribution in [2.24, 2.45) is 46.3 Å². The lowest BCUT2D eigenvalue weighted by Crippen LogP contribution is -2.63. The van der Waals surface area contributed by atoms with Crippen molar-refractivity contribution in [2.45, 2.75) is 88.9 Å². The molecule has 0 amide bonds. The summed E-state index contributed by atoms with van der Waals surface area (Å²) in [7, 11) is 0. The summed E-state index contributed by atoms with van der Waals surface area (Å²) in [6.45, 7) is 0. The lowest BCUT2D eigenvalue weighted by molar-refractivity contribution is -0.249. The molecule has 8 saturated carbocycles. The first-order valence-corrected chi connectivity index (χ1v) is 12.8. The van der Waals surface area contributed by atoms with Crippen LogP contribution in [0.25, 0.3) is 0 Å². The molecule has 0 aromatic rings. The fourth-order valence-electron chi connectivity index (χ4n) is 10.6. The summed E-state index contributed by atoms with van der Waals surface area (Å²) in [4.78, 5) is 25.6. The summed E-state index contributed by atoms with van der Waals surface area (Å²) in [6, 6.07) is 0. The van der Waals surface area contributed by atoms with E-state index in [9.17, 15) is 14.7 Å². The van der Waals surface area contributed by atoms with Crippen LogP contribution in [0.5, 0.6) is 0 Å². The topological polar surface area (TPSA) is 82.1 Å². The molecular weight excluding hydrogens is 408 g/mol. The molecule has 6 heteroatoms. The van der Waals surface area contributed by atoms with Crippen molar-refractivity contribution < 1.29 is 28.9 Å². The SMILES string of the molecule is O=C(O)C1(C(=O)OC(C23CC4CC(CC(C4)C2)C3)C23CC4CC(CC(C4)C2)C3)OC=CO1. The molecule has 9 aliphatic rings. The standard InChI is InChI=1S/C26H34O6/c27-22(28)26(30-1-2-31-26)23(29)32-21(24-9-15-3-16(10-24)5-17(4-15)11-24)25-12-18-6-19(13-25)8-20(7-18)14-25/h1-2,15-21H,3-14H2,(H,27,28). The highest BCUT2D eigenvalue weighted by molar-refractivity contribution is 6.01. The lowest BCUT2D eigenvalue weighted by atomic mass is 9.41. The highest BCUT2D eigenvalue weighted by Gasteiger charge is 2.66. The molecule has 0 spiro atoms. The van der Waals surface area contributed by atoms with Crippen LogP contribution < -0.4 is 0 Å². The van der Waals surface area contributed by atoms with E-state index in [0.717, 1.165) is 86.6 Å². The van der Waals surface area contributed by atoms with Gasteiger partial charge in [0.05, 0.1) is 0 Å². The van der Waals surface area contributed by atoms with E-state index in [1.165, 1.54) is 38.5 Å². The Kier molecular flexibility index (Phi) is 3.97. The van der Waals surface area contributed by atoms with Crippen LogP contribution in [0.1, 0.15) is 77.0 Å². The fourth-order valence-corrected chi connectivity index (χ4v) is 10.6. The molecule has 8 fully saturated rings. The molecule has 1 heterocycles. The number of aliphatic carboxylic acids is 1. The Morgan fingerprint density at radius 3 is 1.38 bits per heavy atom. The molecule has 0 atom stereocenters. The van der Waals surface area contributed by atoms with Crippen molar-refractivity contribution in [3.63, 3.8) is 0 Å². The molecule has 174 valence electrons. The average Bonchev–Trinajstić information content (AvgIpc) is 3.21. The number of carboxylic acid groups (broad SMARTS) is 1. The molecule has 9 rings (SSSR count). The quantitative estimate of drug-likeness (QED) is 0.494. The number of carbonyl (C=O) groups is 2. The van der Waals surface area contributed by atoms with Gasteiger partial charge in [-0.3, -0.25) is 0 Å². The Morgan fingerprint density at radius 1 is 0.719 bits per heavy atom. The van der Waals surface area contributed by atoms with E-state index in [4.69, 9.17) is 14.2 Å². The molecular formula is C26H34O6. The van der Waals surface area contributed by atoms with Crippen molar-refractivity contribution in [3.8, 4) is 0 Å². The smallest absolute Gasteiger partial charge is 0.452 e. The monoisotopic (exact) mass is 442 g/mol. The summed E-state index contributed by atoms with van der Waals surface area (Å²) in [6.07, 6.45) is 16.9. The zero-order valence-corrected chi connectivity index (χ0v) is 18.7. The van der Waals surface area contributed by atoms with E-state index in [2.05, 4.69) is 0 Å². The fraction of sp³-hybridized carbons (Fsp3) is 0.846. The van der Waals surface area contributed by atoms with Crippen LogP contribution in [0.3, 0.4) is 0 Å². The van der Waals surface area contributed by atoms with Crippen molar-refractivity contribution in [2.75, 3.05) is 0 Å². The van der Waals surface area contributed by atoms with Gasteiger partial charge >= 0.3 is 17.7 Å². The Labute approximate surface area is 189 Å². The maximum absolute atomic E-state index is 13.5. The maximum atomic E-state index is 13.5. The Hall–Kier alpha value is -1.72. The summed E-state index contributed by atoms with van der Waals surface area (Å²) < 4.78 is 16.9. The van der Waals surface area contributed by atoms with E-state index in [-0.39, 0.29) is 16.9 Å². The Balaban J connectivity index is 1.28. The first kappa shape index (κ1) is 19.7. The second-order valence-electron chi connectivity index (χ2n) is 12.8. The third-order valence-corrected chi connectivity index (χ3v) is 10.6. The third kappa shape index (κ3) is 2.64. The summed E-state index contributed by atoms with van der Waals surface area (Å²) in [5, 5.41) is 9.82. The van der Waals surface area contributed by atoms with Crippen molar-refractivity contribution in [1.82, 2.24) is 0 Å². The van der Waals surface area contributed by atoms with Crippen molar-refractivity contribution >= 4 is 11.9 Å². The summed E-state index contributed by atoms with van der Waals surface area (Å²) >= 11 is 0. The number of hydrogen-bond donors (Lipinski definition) is 1. The van der Waals surface area contributed by atoms with Crippen molar-refractivity contribution in [3.05, 3.63) is 12.5 Å². The van der Waals surface area contributed by atoms with Gasteiger partial charge in [-0.2, -0.15) is 0 Å². The molecule has 1 N–H and O–H groups in total. The van der Waals surface area contributed by atoms with Gasteiger partial charge in [0.25, 0.3) is 0 Å². The average molecular weight is 443 g/mol. The second kappa shape index (κ2) is 6.44.